The van der Waals surface area contributed by atoms with Gasteiger partial charge in [0.15, 0.2) is 0 Å². The molecule has 12 heavy (non-hydrogen) atoms. The van der Waals surface area contributed by atoms with Crippen LogP contribution < -0.4 is 5.32 Å². The number of aromatic nitrogens is 2. The first-order chi connectivity index (χ1) is 5.76. The third kappa shape index (κ3) is 2.27. The summed E-state index contributed by atoms with van der Waals surface area (Å²) in [6, 6.07) is 2.01. The Morgan fingerprint density at radius 1 is 1.42 bits per heavy atom. The molecule has 1 aromatic rings. The lowest BCUT2D eigenvalue weighted by Crippen LogP contribution is -2.09. The molecule has 0 saturated carbocycles. The molecule has 0 amide bonds. The predicted molar refractivity (Wildman–Crippen MR) is 48.9 cm³/mol. The summed E-state index contributed by atoms with van der Waals surface area (Å²) in [5.74, 6) is 0.931. The molecule has 1 N–H and O–H groups in total. The average Bonchev–Trinajstić information content (AvgIpc) is 2.04. The van der Waals surface area contributed by atoms with Gasteiger partial charge >= 0.3 is 0 Å². The second-order valence-electron chi connectivity index (χ2n) is 2.80. The molecule has 0 aromatic carbocycles. The monoisotopic (exact) mass is 165 g/mol. The van der Waals surface area contributed by atoms with E-state index >= 15 is 0 Å². The number of hydrogen-bond donors (Lipinski definition) is 1. The van der Waals surface area contributed by atoms with E-state index in [2.05, 4.69) is 22.2 Å². The maximum atomic E-state index is 4.37. The quantitative estimate of drug-likeness (QED) is 0.728. The van der Waals surface area contributed by atoms with Gasteiger partial charge in [0.05, 0.1) is 5.69 Å². The van der Waals surface area contributed by atoms with Gasteiger partial charge in [-0.05, 0) is 20.0 Å². The van der Waals surface area contributed by atoms with Crippen LogP contribution in [0.5, 0.6) is 0 Å². The number of nitrogens with one attached hydrogen (secondary N) is 1. The molecule has 0 bridgehead atoms. The summed E-state index contributed by atoms with van der Waals surface area (Å²) in [4.78, 5) is 8.66. The second-order valence-corrected chi connectivity index (χ2v) is 2.80. The Labute approximate surface area is 73.2 Å². The molecule has 3 nitrogen and oxygen atoms in total. The number of nitrogens with zero attached hydrogens (tertiary/aromatic N) is 2. The molecule has 0 atom stereocenters. The third-order valence-electron chi connectivity index (χ3n) is 1.63. The van der Waals surface area contributed by atoms with Crippen LogP contribution in [0.15, 0.2) is 6.07 Å². The zero-order chi connectivity index (χ0) is 8.97. The third-order valence-corrected chi connectivity index (χ3v) is 1.63. The molecular weight excluding hydrogens is 150 g/mol. The van der Waals surface area contributed by atoms with Crippen LogP contribution in [0.1, 0.15) is 24.1 Å². The fourth-order valence-electron chi connectivity index (χ4n) is 1.13. The van der Waals surface area contributed by atoms with Crippen LogP contribution in [-0.4, -0.2) is 17.0 Å². The van der Waals surface area contributed by atoms with E-state index < -0.39 is 0 Å². The summed E-state index contributed by atoms with van der Waals surface area (Å²) in [7, 11) is 1.92. The van der Waals surface area contributed by atoms with E-state index in [9.17, 15) is 0 Å². The normalized spacial score (nSPS) is 10.2. The molecule has 3 heteroatoms. The average molecular weight is 165 g/mol. The van der Waals surface area contributed by atoms with Gasteiger partial charge in [0.1, 0.15) is 5.82 Å². The largest absolute Gasteiger partial charge is 0.314 e. The van der Waals surface area contributed by atoms with Crippen molar-refractivity contribution >= 4 is 0 Å². The Hall–Kier alpha value is -0.960. The Morgan fingerprint density at radius 2 is 2.17 bits per heavy atom. The number of rotatable bonds is 3. The molecular formula is C9H15N3. The van der Waals surface area contributed by atoms with Gasteiger partial charge in [-0.3, -0.25) is 0 Å². The molecule has 1 rings (SSSR count). The van der Waals surface area contributed by atoms with Crippen LogP contribution in [0.2, 0.25) is 0 Å². The van der Waals surface area contributed by atoms with Crippen molar-refractivity contribution in [3.8, 4) is 0 Å². The van der Waals surface area contributed by atoms with Gasteiger partial charge in [-0.1, -0.05) is 6.92 Å². The van der Waals surface area contributed by atoms with Gasteiger partial charge in [-0.2, -0.15) is 0 Å². The fraction of sp³-hybridized carbons (Fsp3) is 0.556. The summed E-state index contributed by atoms with van der Waals surface area (Å²) in [5.41, 5.74) is 2.12. The molecule has 0 unspecified atom stereocenters. The van der Waals surface area contributed by atoms with E-state index in [-0.39, 0.29) is 0 Å². The van der Waals surface area contributed by atoms with Gasteiger partial charge in [-0.25, -0.2) is 9.97 Å². The molecule has 0 radical (unpaired) electrons. The minimum atomic E-state index is 0.816. The van der Waals surface area contributed by atoms with E-state index in [0.29, 0.717) is 0 Å². The summed E-state index contributed by atoms with van der Waals surface area (Å²) >= 11 is 0. The summed E-state index contributed by atoms with van der Waals surface area (Å²) in [5, 5.41) is 3.07. The van der Waals surface area contributed by atoms with Crippen molar-refractivity contribution in [3.05, 3.63) is 23.3 Å². The maximum Gasteiger partial charge on any atom is 0.128 e. The Balaban J connectivity index is 2.90. The van der Waals surface area contributed by atoms with E-state index in [4.69, 9.17) is 0 Å². The zero-order valence-corrected chi connectivity index (χ0v) is 7.89. The van der Waals surface area contributed by atoms with Crippen molar-refractivity contribution in [2.45, 2.75) is 26.8 Å². The van der Waals surface area contributed by atoms with Crippen molar-refractivity contribution < 1.29 is 0 Å². The lowest BCUT2D eigenvalue weighted by Gasteiger charge is -2.03. The zero-order valence-electron chi connectivity index (χ0n) is 7.89. The van der Waals surface area contributed by atoms with Crippen LogP contribution in [0.4, 0.5) is 0 Å². The number of hydrogen-bond acceptors (Lipinski definition) is 3. The van der Waals surface area contributed by atoms with E-state index in [0.717, 1.165) is 30.2 Å². The molecule has 0 aliphatic carbocycles. The first-order valence-corrected chi connectivity index (χ1v) is 4.24. The first kappa shape index (κ1) is 9.13. The topological polar surface area (TPSA) is 37.8 Å². The molecule has 66 valence electrons. The fourth-order valence-corrected chi connectivity index (χ4v) is 1.13. The van der Waals surface area contributed by atoms with Crippen LogP contribution in [0, 0.1) is 6.92 Å². The van der Waals surface area contributed by atoms with E-state index in [1.807, 2.05) is 20.0 Å². The van der Waals surface area contributed by atoms with Crippen molar-refractivity contribution in [1.82, 2.24) is 15.3 Å². The van der Waals surface area contributed by atoms with Crippen LogP contribution >= 0.6 is 0 Å². The van der Waals surface area contributed by atoms with Crippen LogP contribution in [-0.2, 0) is 13.0 Å². The van der Waals surface area contributed by atoms with Gasteiger partial charge < -0.3 is 5.32 Å². The van der Waals surface area contributed by atoms with Gasteiger partial charge in [0, 0.05) is 18.7 Å². The van der Waals surface area contributed by atoms with Crippen molar-refractivity contribution in [1.29, 1.82) is 0 Å². The Morgan fingerprint density at radius 3 is 2.75 bits per heavy atom. The maximum absolute atomic E-state index is 4.37. The predicted octanol–water partition coefficient (Wildman–Crippen LogP) is 1.07. The van der Waals surface area contributed by atoms with E-state index in [1.165, 1.54) is 0 Å². The van der Waals surface area contributed by atoms with Crippen LogP contribution in [0.25, 0.3) is 0 Å². The van der Waals surface area contributed by atoms with Gasteiger partial charge in [-0.15, -0.1) is 0 Å². The molecule has 0 saturated heterocycles. The molecule has 0 fully saturated rings. The second kappa shape index (κ2) is 4.16. The summed E-state index contributed by atoms with van der Waals surface area (Å²) in [6.45, 7) is 4.88. The highest BCUT2D eigenvalue weighted by Gasteiger charge is 1.98. The SMILES string of the molecule is CCc1nc(C)cc(CNC)n1. The van der Waals surface area contributed by atoms with Crippen molar-refractivity contribution in [2.24, 2.45) is 0 Å². The van der Waals surface area contributed by atoms with Crippen LogP contribution in [0.3, 0.4) is 0 Å². The smallest absolute Gasteiger partial charge is 0.128 e. The molecule has 0 spiro atoms. The summed E-state index contributed by atoms with van der Waals surface area (Å²) in [6.07, 6.45) is 0.901. The Kier molecular flexibility index (Phi) is 3.17. The van der Waals surface area contributed by atoms with Crippen molar-refractivity contribution in [2.75, 3.05) is 7.05 Å². The highest BCUT2D eigenvalue weighted by atomic mass is 14.9. The summed E-state index contributed by atoms with van der Waals surface area (Å²) < 4.78 is 0. The molecule has 1 aromatic heterocycles. The minimum absolute atomic E-state index is 0.816. The highest BCUT2D eigenvalue weighted by Crippen LogP contribution is 2.00. The molecule has 0 aliphatic rings. The first-order valence-electron chi connectivity index (χ1n) is 4.24. The lowest BCUT2D eigenvalue weighted by molar-refractivity contribution is 0.764. The van der Waals surface area contributed by atoms with Gasteiger partial charge in [0.2, 0.25) is 0 Å². The standard InChI is InChI=1S/C9H15N3/c1-4-9-11-7(2)5-8(12-9)6-10-3/h5,10H,4,6H2,1-3H3. The number of aryl methyl sites for hydroxylation is 2. The van der Waals surface area contributed by atoms with Crippen molar-refractivity contribution in [3.63, 3.8) is 0 Å². The molecule has 1 heterocycles. The van der Waals surface area contributed by atoms with E-state index in [1.54, 1.807) is 0 Å². The molecule has 0 aliphatic heterocycles. The van der Waals surface area contributed by atoms with Gasteiger partial charge in [0.25, 0.3) is 0 Å². The minimum Gasteiger partial charge on any atom is -0.314 e. The lowest BCUT2D eigenvalue weighted by atomic mass is 10.3. The highest BCUT2D eigenvalue weighted by molar-refractivity contribution is 5.09. The Bertz CT molecular complexity index is 258.